The minimum Gasteiger partial charge on any atom is -0.481 e. The second kappa shape index (κ2) is 5.30. The Bertz CT molecular complexity index is 269. The number of amides is 1. The predicted molar refractivity (Wildman–Crippen MR) is 58.0 cm³/mol. The van der Waals surface area contributed by atoms with Gasteiger partial charge in [-0.25, -0.2) is 0 Å². The molecule has 5 heteroatoms. The van der Waals surface area contributed by atoms with Crippen LogP contribution in [-0.2, 0) is 14.3 Å². The fourth-order valence-electron chi connectivity index (χ4n) is 1.83. The Labute approximate surface area is 95.2 Å². The lowest BCUT2D eigenvalue weighted by molar-refractivity contribution is -0.139. The molecule has 0 aliphatic carbocycles. The highest BCUT2D eigenvalue weighted by Gasteiger charge is 2.27. The first-order valence-corrected chi connectivity index (χ1v) is 5.48. The number of aliphatic carboxylic acids is 1. The molecule has 92 valence electrons. The van der Waals surface area contributed by atoms with E-state index >= 15 is 0 Å². The van der Waals surface area contributed by atoms with Crippen molar-refractivity contribution in [1.29, 1.82) is 0 Å². The monoisotopic (exact) mass is 229 g/mol. The molecule has 0 radical (unpaired) electrons. The Kier molecular flexibility index (Phi) is 4.29. The molecule has 1 saturated heterocycles. The van der Waals surface area contributed by atoms with Crippen molar-refractivity contribution in [1.82, 2.24) is 5.32 Å². The van der Waals surface area contributed by atoms with Crippen molar-refractivity contribution in [3.8, 4) is 0 Å². The Morgan fingerprint density at radius 3 is 2.62 bits per heavy atom. The van der Waals surface area contributed by atoms with Gasteiger partial charge in [0.25, 0.3) is 0 Å². The molecule has 1 amide bonds. The third-order valence-electron chi connectivity index (χ3n) is 2.56. The number of carboxylic acid groups (broad SMARTS) is 1. The average Bonchev–Trinajstić information content (AvgIpc) is 2.51. The zero-order chi connectivity index (χ0) is 12.2. The lowest BCUT2D eigenvalue weighted by Gasteiger charge is -2.22. The second-order valence-electron chi connectivity index (χ2n) is 5.04. The lowest BCUT2D eigenvalue weighted by atomic mass is 9.85. The van der Waals surface area contributed by atoms with Gasteiger partial charge < -0.3 is 15.2 Å². The first-order valence-electron chi connectivity index (χ1n) is 5.48. The number of carbonyl (C=O) groups is 2. The Morgan fingerprint density at radius 2 is 2.12 bits per heavy atom. The van der Waals surface area contributed by atoms with Crippen LogP contribution in [0.3, 0.4) is 0 Å². The van der Waals surface area contributed by atoms with Crippen LogP contribution in [0.25, 0.3) is 0 Å². The average molecular weight is 229 g/mol. The fraction of sp³-hybridized carbons (Fsp3) is 0.818. The molecule has 0 aromatic carbocycles. The van der Waals surface area contributed by atoms with Gasteiger partial charge in [-0.1, -0.05) is 13.8 Å². The van der Waals surface area contributed by atoms with E-state index in [0.717, 1.165) is 6.42 Å². The van der Waals surface area contributed by atoms with Crippen LogP contribution in [0.4, 0.5) is 0 Å². The van der Waals surface area contributed by atoms with E-state index in [1.807, 2.05) is 0 Å². The van der Waals surface area contributed by atoms with Crippen LogP contribution in [0.1, 0.15) is 33.1 Å². The molecule has 5 nitrogen and oxygen atoms in total. The lowest BCUT2D eigenvalue weighted by Crippen LogP contribution is -2.37. The van der Waals surface area contributed by atoms with Crippen LogP contribution >= 0.6 is 0 Å². The van der Waals surface area contributed by atoms with Gasteiger partial charge in [0, 0.05) is 13.0 Å². The van der Waals surface area contributed by atoms with E-state index in [2.05, 4.69) is 5.32 Å². The van der Waals surface area contributed by atoms with Crippen LogP contribution < -0.4 is 5.32 Å². The first-order chi connectivity index (χ1) is 7.39. The number of carbonyl (C=O) groups excluding carboxylic acids is 1. The molecule has 1 heterocycles. The topological polar surface area (TPSA) is 75.6 Å². The summed E-state index contributed by atoms with van der Waals surface area (Å²) in [5.74, 6) is -0.969. The van der Waals surface area contributed by atoms with Crippen LogP contribution in [-0.4, -0.2) is 36.2 Å². The van der Waals surface area contributed by atoms with Crippen LogP contribution in [0.2, 0.25) is 0 Å². The number of ether oxygens (including phenoxy) is 1. The number of hydrogen-bond acceptors (Lipinski definition) is 3. The smallest absolute Gasteiger partial charge is 0.303 e. The molecule has 2 N–H and O–H groups in total. The molecule has 0 spiro atoms. The maximum atomic E-state index is 11.6. The highest BCUT2D eigenvalue weighted by Crippen LogP contribution is 2.24. The maximum absolute atomic E-state index is 11.6. The van der Waals surface area contributed by atoms with E-state index in [1.54, 1.807) is 13.8 Å². The van der Waals surface area contributed by atoms with Crippen LogP contribution in [0.15, 0.2) is 0 Å². The summed E-state index contributed by atoms with van der Waals surface area (Å²) in [7, 11) is 0. The van der Waals surface area contributed by atoms with Gasteiger partial charge >= 0.3 is 5.97 Å². The summed E-state index contributed by atoms with van der Waals surface area (Å²) in [6.07, 6.45) is 1.07. The molecule has 16 heavy (non-hydrogen) atoms. The minimum atomic E-state index is -0.873. The SMILES string of the molecule is CC(C)(CC(=O)O)CC(=O)NC1CCOC1. The predicted octanol–water partition coefficient (Wildman–Crippen LogP) is 0.782. The number of carboxylic acids is 1. The summed E-state index contributed by atoms with van der Waals surface area (Å²) in [6, 6.07) is 0.0909. The van der Waals surface area contributed by atoms with E-state index in [-0.39, 0.29) is 24.8 Å². The van der Waals surface area contributed by atoms with Crippen molar-refractivity contribution in [3.05, 3.63) is 0 Å². The third kappa shape index (κ3) is 4.61. The molecule has 0 saturated carbocycles. The van der Waals surface area contributed by atoms with Crippen molar-refractivity contribution in [2.45, 2.75) is 39.2 Å². The number of hydrogen-bond donors (Lipinski definition) is 2. The van der Waals surface area contributed by atoms with Gasteiger partial charge in [-0.15, -0.1) is 0 Å². The van der Waals surface area contributed by atoms with Crippen molar-refractivity contribution >= 4 is 11.9 Å². The van der Waals surface area contributed by atoms with Gasteiger partial charge in [0.15, 0.2) is 0 Å². The molecule has 0 bridgehead atoms. The minimum absolute atomic E-state index is 0.00157. The maximum Gasteiger partial charge on any atom is 0.303 e. The molecule has 1 aliphatic heterocycles. The molecule has 1 unspecified atom stereocenters. The van der Waals surface area contributed by atoms with Crippen molar-refractivity contribution in [2.24, 2.45) is 5.41 Å². The number of nitrogens with one attached hydrogen (secondary N) is 1. The normalized spacial score (nSPS) is 20.8. The Morgan fingerprint density at radius 1 is 1.44 bits per heavy atom. The fourth-order valence-corrected chi connectivity index (χ4v) is 1.83. The van der Waals surface area contributed by atoms with E-state index < -0.39 is 11.4 Å². The van der Waals surface area contributed by atoms with Gasteiger partial charge in [0.1, 0.15) is 0 Å². The molecular weight excluding hydrogens is 210 g/mol. The van der Waals surface area contributed by atoms with Crippen LogP contribution in [0.5, 0.6) is 0 Å². The molecule has 0 aromatic rings. The highest BCUT2D eigenvalue weighted by molar-refractivity contribution is 5.78. The summed E-state index contributed by atoms with van der Waals surface area (Å²) in [5.41, 5.74) is -0.505. The quantitative estimate of drug-likeness (QED) is 0.730. The van der Waals surface area contributed by atoms with E-state index in [0.29, 0.717) is 13.2 Å². The Hall–Kier alpha value is -1.10. The molecule has 1 atom stereocenters. The van der Waals surface area contributed by atoms with Crippen LogP contribution in [0, 0.1) is 5.41 Å². The van der Waals surface area contributed by atoms with Gasteiger partial charge in [-0.3, -0.25) is 9.59 Å². The highest BCUT2D eigenvalue weighted by atomic mass is 16.5. The Balaban J connectivity index is 2.34. The van der Waals surface area contributed by atoms with Crippen molar-refractivity contribution in [2.75, 3.05) is 13.2 Å². The van der Waals surface area contributed by atoms with Crippen molar-refractivity contribution < 1.29 is 19.4 Å². The summed E-state index contributed by atoms with van der Waals surface area (Å²) in [5, 5.41) is 11.5. The molecule has 1 fully saturated rings. The summed E-state index contributed by atoms with van der Waals surface area (Å²) in [4.78, 5) is 22.2. The summed E-state index contributed by atoms with van der Waals surface area (Å²) < 4.78 is 5.14. The molecular formula is C11H19NO4. The van der Waals surface area contributed by atoms with Crippen molar-refractivity contribution in [3.63, 3.8) is 0 Å². The zero-order valence-corrected chi connectivity index (χ0v) is 9.78. The van der Waals surface area contributed by atoms with Gasteiger partial charge in [0.2, 0.25) is 5.91 Å². The van der Waals surface area contributed by atoms with Gasteiger partial charge in [-0.05, 0) is 11.8 Å². The van der Waals surface area contributed by atoms with E-state index in [4.69, 9.17) is 9.84 Å². The molecule has 0 aromatic heterocycles. The molecule has 1 rings (SSSR count). The first kappa shape index (κ1) is 13.0. The van der Waals surface area contributed by atoms with E-state index in [1.165, 1.54) is 0 Å². The number of rotatable bonds is 5. The summed E-state index contributed by atoms with van der Waals surface area (Å²) in [6.45, 7) is 4.81. The van der Waals surface area contributed by atoms with Gasteiger partial charge in [-0.2, -0.15) is 0 Å². The standard InChI is InChI=1S/C11H19NO4/c1-11(2,6-10(14)15)5-9(13)12-8-3-4-16-7-8/h8H,3-7H2,1-2H3,(H,12,13)(H,14,15). The van der Waals surface area contributed by atoms with Gasteiger partial charge in [0.05, 0.1) is 19.1 Å². The third-order valence-corrected chi connectivity index (χ3v) is 2.56. The largest absolute Gasteiger partial charge is 0.481 e. The summed E-state index contributed by atoms with van der Waals surface area (Å²) >= 11 is 0. The van der Waals surface area contributed by atoms with E-state index in [9.17, 15) is 9.59 Å². The zero-order valence-electron chi connectivity index (χ0n) is 9.78. The second-order valence-corrected chi connectivity index (χ2v) is 5.04. The molecule has 1 aliphatic rings.